The highest BCUT2D eigenvalue weighted by Crippen LogP contribution is 2.58. The number of aliphatic hydroxyl groups is 1. The van der Waals surface area contributed by atoms with E-state index >= 15 is 0 Å². The van der Waals surface area contributed by atoms with Gasteiger partial charge in [0.05, 0.1) is 43.7 Å². The van der Waals surface area contributed by atoms with E-state index in [1.165, 1.54) is 16.0 Å². The summed E-state index contributed by atoms with van der Waals surface area (Å²) >= 11 is 0. The van der Waals surface area contributed by atoms with Crippen molar-refractivity contribution < 1.29 is 24.2 Å². The number of aryl methyl sites for hydroxylation is 1. The molecule has 0 atom stereocenters. The Balaban J connectivity index is 1.10. The number of hydrogen-bond acceptors (Lipinski definition) is 7. The van der Waals surface area contributed by atoms with Crippen LogP contribution < -0.4 is 9.64 Å². The van der Waals surface area contributed by atoms with E-state index < -0.39 is 6.10 Å². The van der Waals surface area contributed by atoms with E-state index in [2.05, 4.69) is 62.0 Å². The number of β-amino-alcohol motifs (C(OH)–C–C–N with tert-alkyl or cyclic N) is 1. The number of carbonyl (C=O) groups excluding carboxylic acids is 2. The van der Waals surface area contributed by atoms with Gasteiger partial charge < -0.3 is 24.4 Å². The molecular formula is C40H53N5O5. The molecule has 1 saturated heterocycles. The molecule has 2 amide bonds. The number of aromatic nitrogens is 3. The second kappa shape index (κ2) is 13.3. The lowest BCUT2D eigenvalue weighted by molar-refractivity contribution is -0.124. The maximum Gasteiger partial charge on any atom is 0.410 e. The highest BCUT2D eigenvalue weighted by molar-refractivity contribution is 5.95. The van der Waals surface area contributed by atoms with E-state index in [-0.39, 0.29) is 40.4 Å². The number of rotatable bonds is 8. The van der Waals surface area contributed by atoms with Crippen molar-refractivity contribution >= 4 is 17.7 Å². The molecule has 10 nitrogen and oxygen atoms in total. The van der Waals surface area contributed by atoms with Crippen LogP contribution in [-0.4, -0.2) is 75.7 Å². The molecular weight excluding hydrogens is 630 g/mol. The normalized spacial score (nSPS) is 26.7. The SMILES string of the molecule is COc1ccc(C23CCC(CN(c4ccnc(-c5cnn(C(C)(C)C)c5)c4)C(=O)[C@H]4CC[C@H](OC(=O)N5CC(O)C5)CC4)(CC2)CC3)cc1C. The number of nitrogens with zero attached hydrogens (tertiary/aromatic N) is 5. The Morgan fingerprint density at radius 2 is 1.70 bits per heavy atom. The topological polar surface area (TPSA) is 110 Å². The fourth-order valence-electron chi connectivity index (χ4n) is 8.81. The summed E-state index contributed by atoms with van der Waals surface area (Å²) < 4.78 is 13.3. The van der Waals surface area contributed by atoms with Gasteiger partial charge in [0.1, 0.15) is 11.9 Å². The molecule has 4 saturated carbocycles. The zero-order valence-corrected chi connectivity index (χ0v) is 30.4. The van der Waals surface area contributed by atoms with Crippen molar-refractivity contribution in [3.63, 3.8) is 0 Å². The van der Waals surface area contributed by atoms with Crippen LogP contribution in [0.1, 0.15) is 96.1 Å². The van der Waals surface area contributed by atoms with Gasteiger partial charge in [-0.1, -0.05) is 12.1 Å². The minimum Gasteiger partial charge on any atom is -0.496 e. The number of anilines is 1. The number of fused-ring (bicyclic) bond motifs is 3. The summed E-state index contributed by atoms with van der Waals surface area (Å²) in [5, 5.41) is 14.2. The average Bonchev–Trinajstić information content (AvgIpc) is 3.62. The van der Waals surface area contributed by atoms with Gasteiger partial charge in [0.15, 0.2) is 0 Å². The molecule has 2 bridgehead atoms. The number of ether oxygens (including phenoxy) is 2. The summed E-state index contributed by atoms with van der Waals surface area (Å²) in [6.45, 7) is 9.85. The molecule has 5 fully saturated rings. The fraction of sp³-hybridized carbons (Fsp3) is 0.600. The molecule has 3 heterocycles. The number of hydrogen-bond donors (Lipinski definition) is 1. The lowest BCUT2D eigenvalue weighted by atomic mass is 9.51. The molecule has 0 unspecified atom stereocenters. The summed E-state index contributed by atoms with van der Waals surface area (Å²) in [5.74, 6) is 0.956. The molecule has 1 aromatic carbocycles. The van der Waals surface area contributed by atoms with Gasteiger partial charge in [0, 0.05) is 36.1 Å². The molecule has 8 rings (SSSR count). The van der Waals surface area contributed by atoms with Crippen LogP contribution in [0, 0.1) is 18.3 Å². The highest BCUT2D eigenvalue weighted by Gasteiger charge is 2.51. The van der Waals surface area contributed by atoms with E-state index in [1.807, 2.05) is 29.3 Å². The van der Waals surface area contributed by atoms with Crippen LogP contribution in [0.15, 0.2) is 48.9 Å². The Labute approximate surface area is 296 Å². The van der Waals surface area contributed by atoms with Gasteiger partial charge in [-0.2, -0.15) is 5.10 Å². The summed E-state index contributed by atoms with van der Waals surface area (Å²) in [6.07, 6.45) is 14.0. The van der Waals surface area contributed by atoms with E-state index in [0.717, 1.165) is 61.2 Å². The number of amides is 2. The van der Waals surface area contributed by atoms with E-state index in [1.54, 1.807) is 7.11 Å². The number of aliphatic hydroxyl groups excluding tert-OH is 1. The van der Waals surface area contributed by atoms with E-state index in [4.69, 9.17) is 14.5 Å². The van der Waals surface area contributed by atoms with Crippen LogP contribution in [0.4, 0.5) is 10.5 Å². The van der Waals surface area contributed by atoms with Crippen molar-refractivity contribution in [1.29, 1.82) is 0 Å². The third kappa shape index (κ3) is 6.75. The average molecular weight is 684 g/mol. The first-order valence-electron chi connectivity index (χ1n) is 18.5. The second-order valence-corrected chi connectivity index (χ2v) is 16.5. The number of benzene rings is 1. The van der Waals surface area contributed by atoms with Gasteiger partial charge in [-0.15, -0.1) is 0 Å². The first-order chi connectivity index (χ1) is 23.9. The van der Waals surface area contributed by atoms with Gasteiger partial charge in [-0.3, -0.25) is 14.5 Å². The number of pyridine rings is 1. The Kier molecular flexibility index (Phi) is 9.20. The Hall–Kier alpha value is -3.92. The first-order valence-corrected chi connectivity index (χ1v) is 18.5. The lowest BCUT2D eigenvalue weighted by Gasteiger charge is -2.55. The monoisotopic (exact) mass is 683 g/mol. The fourth-order valence-corrected chi connectivity index (χ4v) is 8.81. The van der Waals surface area contributed by atoms with Crippen molar-refractivity contribution in [3.05, 3.63) is 60.0 Å². The standard InChI is InChI=1S/C40H53N5O5/c1-27-20-30(8-11-35(27)49-5)40-16-13-39(14-17-40,15-18-40)26-44(31-12-19-41-34(21-31)29-22-42-45(23-29)38(2,3)4)36(47)28-6-9-33(10-7-28)50-37(48)43-24-32(46)25-43/h8,11-12,19-23,28,32-33,46H,6-7,9-10,13-18,24-26H2,1-5H3/t28-,33-,39?,40?. The van der Waals surface area contributed by atoms with Crippen LogP contribution in [0.2, 0.25) is 0 Å². The predicted molar refractivity (Wildman–Crippen MR) is 192 cm³/mol. The van der Waals surface area contributed by atoms with Gasteiger partial charge in [0.2, 0.25) is 5.91 Å². The van der Waals surface area contributed by atoms with Gasteiger partial charge in [-0.05, 0) is 132 Å². The molecule has 1 N–H and O–H groups in total. The minimum absolute atomic E-state index is 0.0635. The van der Waals surface area contributed by atoms with Gasteiger partial charge >= 0.3 is 6.09 Å². The molecule has 0 radical (unpaired) electrons. The molecule has 3 aromatic rings. The third-order valence-electron chi connectivity index (χ3n) is 12.2. The molecule has 5 aliphatic rings. The highest BCUT2D eigenvalue weighted by atomic mass is 16.6. The Morgan fingerprint density at radius 1 is 1.00 bits per heavy atom. The zero-order chi connectivity index (χ0) is 35.3. The van der Waals surface area contributed by atoms with Crippen molar-refractivity contribution in [2.75, 3.05) is 31.6 Å². The summed E-state index contributed by atoms with van der Waals surface area (Å²) in [7, 11) is 1.73. The Bertz CT molecular complexity index is 1690. The quantitative estimate of drug-likeness (QED) is 0.272. The second-order valence-electron chi connectivity index (χ2n) is 16.5. The van der Waals surface area contributed by atoms with Crippen LogP contribution in [0.25, 0.3) is 11.3 Å². The largest absolute Gasteiger partial charge is 0.496 e. The van der Waals surface area contributed by atoms with Crippen LogP contribution in [0.3, 0.4) is 0 Å². The van der Waals surface area contributed by atoms with Crippen molar-refractivity contribution in [2.45, 2.75) is 115 Å². The first kappa shape index (κ1) is 34.5. The maximum absolute atomic E-state index is 14.7. The lowest BCUT2D eigenvalue weighted by Crippen LogP contribution is -2.54. The van der Waals surface area contributed by atoms with E-state index in [0.29, 0.717) is 45.3 Å². The maximum atomic E-state index is 14.7. The molecule has 0 spiro atoms. The van der Waals surface area contributed by atoms with Crippen LogP contribution in [0.5, 0.6) is 5.75 Å². The predicted octanol–water partition coefficient (Wildman–Crippen LogP) is 7.01. The number of methoxy groups -OCH3 is 1. The summed E-state index contributed by atoms with van der Waals surface area (Å²) in [4.78, 5) is 35.5. The molecule has 1 aliphatic heterocycles. The van der Waals surface area contributed by atoms with Crippen molar-refractivity contribution in [2.24, 2.45) is 11.3 Å². The van der Waals surface area contributed by atoms with Gasteiger partial charge in [-0.25, -0.2) is 4.79 Å². The minimum atomic E-state index is -0.457. The molecule has 2 aromatic heterocycles. The smallest absolute Gasteiger partial charge is 0.410 e. The van der Waals surface area contributed by atoms with Crippen molar-refractivity contribution in [3.8, 4) is 17.0 Å². The molecule has 50 heavy (non-hydrogen) atoms. The van der Waals surface area contributed by atoms with Crippen LogP contribution >= 0.6 is 0 Å². The summed E-state index contributed by atoms with van der Waals surface area (Å²) in [5.41, 5.74) is 5.33. The molecule has 4 aliphatic carbocycles. The molecule has 268 valence electrons. The number of carbonyl (C=O) groups is 2. The molecule has 10 heteroatoms. The zero-order valence-electron chi connectivity index (χ0n) is 30.4. The van der Waals surface area contributed by atoms with Crippen LogP contribution in [-0.2, 0) is 20.5 Å². The Morgan fingerprint density at radius 3 is 2.30 bits per heavy atom. The van der Waals surface area contributed by atoms with Gasteiger partial charge in [0.25, 0.3) is 0 Å². The third-order valence-corrected chi connectivity index (χ3v) is 12.2. The van der Waals surface area contributed by atoms with Crippen molar-refractivity contribution in [1.82, 2.24) is 19.7 Å². The summed E-state index contributed by atoms with van der Waals surface area (Å²) in [6, 6.07) is 10.8. The van der Waals surface area contributed by atoms with E-state index in [9.17, 15) is 14.7 Å². The number of likely N-dealkylation sites (tertiary alicyclic amines) is 1.